The third-order valence-corrected chi connectivity index (χ3v) is 5.26. The molecule has 0 radical (unpaired) electrons. The minimum Gasteiger partial charge on any atom is -0.480 e. The zero-order chi connectivity index (χ0) is 18.1. The van der Waals surface area contributed by atoms with Crippen LogP contribution in [0.25, 0.3) is 16.3 Å². The Morgan fingerprint density at radius 2 is 2.04 bits per heavy atom. The van der Waals surface area contributed by atoms with Gasteiger partial charge in [0.25, 0.3) is 5.91 Å². The van der Waals surface area contributed by atoms with Gasteiger partial charge in [-0.25, -0.2) is 14.5 Å². The predicted molar refractivity (Wildman–Crippen MR) is 96.4 cm³/mol. The molecule has 0 saturated carbocycles. The van der Waals surface area contributed by atoms with Gasteiger partial charge >= 0.3 is 5.97 Å². The van der Waals surface area contributed by atoms with Crippen molar-refractivity contribution in [2.24, 2.45) is 0 Å². The molecule has 1 amide bonds. The molecular weight excluding hydrogens is 352 g/mol. The van der Waals surface area contributed by atoms with Crippen LogP contribution in [0.1, 0.15) is 23.3 Å². The molecule has 1 fully saturated rings. The van der Waals surface area contributed by atoms with Crippen molar-refractivity contribution in [2.45, 2.75) is 18.9 Å². The normalized spacial score (nSPS) is 16.8. The number of carboxylic acid groups (broad SMARTS) is 1. The van der Waals surface area contributed by atoms with Crippen molar-refractivity contribution >= 4 is 23.2 Å². The number of carbonyl (C=O) groups is 2. The summed E-state index contributed by atoms with van der Waals surface area (Å²) in [6, 6.07) is 8.96. The summed E-state index contributed by atoms with van der Waals surface area (Å²) in [6.45, 7) is 0.453. The van der Waals surface area contributed by atoms with E-state index >= 15 is 0 Å². The first kappa shape index (κ1) is 16.5. The van der Waals surface area contributed by atoms with E-state index in [0.29, 0.717) is 24.4 Å². The monoisotopic (exact) mass is 368 g/mol. The average molecular weight is 368 g/mol. The summed E-state index contributed by atoms with van der Waals surface area (Å²) in [5.41, 5.74) is 2.03. The number of nitrogens with zero attached hydrogens (tertiary/aromatic N) is 4. The molecule has 26 heavy (non-hydrogen) atoms. The van der Waals surface area contributed by atoms with Crippen LogP contribution < -0.4 is 0 Å². The maximum absolute atomic E-state index is 12.6. The quantitative estimate of drug-likeness (QED) is 0.765. The van der Waals surface area contributed by atoms with E-state index in [4.69, 9.17) is 0 Å². The first-order chi connectivity index (χ1) is 12.6. The Hall–Kier alpha value is -3.00. The minimum absolute atomic E-state index is 0.283. The number of rotatable bonds is 4. The number of carboxylic acids is 1. The zero-order valence-corrected chi connectivity index (χ0v) is 14.6. The molecule has 3 heterocycles. The third-order valence-electron chi connectivity index (χ3n) is 4.37. The standard InChI is InChI=1S/C18H16N4O3S/c23-17(21-8-4-7-15(21)18(24)25)14-11-26-16(20-14)12-9-19-22(10-12)13-5-2-1-3-6-13/h1-3,5-6,9-11,15H,4,7-8H2,(H,24,25)/t15-/m0/s1. The Bertz CT molecular complexity index is 950. The summed E-state index contributed by atoms with van der Waals surface area (Å²) in [7, 11) is 0. The van der Waals surface area contributed by atoms with Crippen LogP contribution in [0.3, 0.4) is 0 Å². The number of thiazole rings is 1. The van der Waals surface area contributed by atoms with E-state index in [-0.39, 0.29) is 11.6 Å². The molecule has 2 aromatic heterocycles. The van der Waals surface area contributed by atoms with Gasteiger partial charge in [-0.3, -0.25) is 4.79 Å². The number of aromatic nitrogens is 3. The summed E-state index contributed by atoms with van der Waals surface area (Å²) in [4.78, 5) is 29.7. The van der Waals surface area contributed by atoms with Crippen molar-refractivity contribution < 1.29 is 14.7 Å². The van der Waals surface area contributed by atoms with Crippen LogP contribution in [0.5, 0.6) is 0 Å². The van der Waals surface area contributed by atoms with Crippen LogP contribution in [-0.4, -0.2) is 49.2 Å². The van der Waals surface area contributed by atoms with E-state index in [1.54, 1.807) is 16.3 Å². The molecule has 7 nitrogen and oxygen atoms in total. The smallest absolute Gasteiger partial charge is 0.326 e. The molecule has 0 aliphatic carbocycles. The van der Waals surface area contributed by atoms with E-state index in [1.165, 1.54) is 16.2 Å². The summed E-state index contributed by atoms with van der Waals surface area (Å²) < 4.78 is 1.75. The van der Waals surface area contributed by atoms with E-state index in [1.807, 2.05) is 36.5 Å². The second kappa shape index (κ2) is 6.72. The number of hydrogen-bond acceptors (Lipinski definition) is 5. The third kappa shape index (κ3) is 2.99. The second-order valence-corrected chi connectivity index (χ2v) is 6.90. The van der Waals surface area contributed by atoms with Gasteiger partial charge in [-0.15, -0.1) is 11.3 Å². The van der Waals surface area contributed by atoms with Crippen molar-refractivity contribution in [1.82, 2.24) is 19.7 Å². The molecule has 0 spiro atoms. The maximum atomic E-state index is 12.6. The number of likely N-dealkylation sites (tertiary alicyclic amines) is 1. The zero-order valence-electron chi connectivity index (χ0n) is 13.8. The van der Waals surface area contributed by atoms with Crippen molar-refractivity contribution in [3.8, 4) is 16.3 Å². The molecule has 1 aliphatic rings. The van der Waals surface area contributed by atoms with Crippen molar-refractivity contribution in [3.05, 3.63) is 53.8 Å². The number of hydrogen-bond donors (Lipinski definition) is 1. The molecule has 1 aliphatic heterocycles. The average Bonchev–Trinajstić information content (AvgIpc) is 3.41. The van der Waals surface area contributed by atoms with Gasteiger partial charge < -0.3 is 10.0 Å². The number of benzene rings is 1. The number of para-hydroxylation sites is 1. The first-order valence-corrected chi connectivity index (χ1v) is 9.11. The summed E-state index contributed by atoms with van der Waals surface area (Å²) >= 11 is 1.35. The van der Waals surface area contributed by atoms with Crippen LogP contribution >= 0.6 is 11.3 Å². The Morgan fingerprint density at radius 1 is 1.23 bits per heavy atom. The molecule has 1 aromatic carbocycles. The lowest BCUT2D eigenvalue weighted by molar-refractivity contribution is -0.141. The molecule has 0 unspecified atom stereocenters. The van der Waals surface area contributed by atoms with Gasteiger partial charge in [-0.05, 0) is 25.0 Å². The highest BCUT2D eigenvalue weighted by atomic mass is 32.1. The van der Waals surface area contributed by atoms with Crippen molar-refractivity contribution in [1.29, 1.82) is 0 Å². The second-order valence-electron chi connectivity index (χ2n) is 6.04. The van der Waals surface area contributed by atoms with Crippen molar-refractivity contribution in [2.75, 3.05) is 6.54 Å². The van der Waals surface area contributed by atoms with Gasteiger partial charge in [0.05, 0.1) is 11.9 Å². The van der Waals surface area contributed by atoms with Crippen LogP contribution in [0.4, 0.5) is 0 Å². The van der Waals surface area contributed by atoms with Gasteiger partial charge in [-0.2, -0.15) is 5.10 Å². The van der Waals surface area contributed by atoms with Gasteiger partial charge in [0.1, 0.15) is 16.7 Å². The fraction of sp³-hybridized carbons (Fsp3) is 0.222. The van der Waals surface area contributed by atoms with Gasteiger partial charge in [0.2, 0.25) is 0 Å². The molecule has 3 aromatic rings. The van der Waals surface area contributed by atoms with Gasteiger partial charge in [0.15, 0.2) is 0 Å². The SMILES string of the molecule is O=C(O)[C@@H]1CCCN1C(=O)c1csc(-c2cnn(-c3ccccc3)c2)n1. The van der Waals surface area contributed by atoms with Crippen LogP contribution in [0.15, 0.2) is 48.1 Å². The predicted octanol–water partition coefficient (Wildman–Crippen LogP) is 2.69. The fourth-order valence-corrected chi connectivity index (χ4v) is 3.84. The molecule has 132 valence electrons. The van der Waals surface area contributed by atoms with E-state index in [2.05, 4.69) is 10.1 Å². The topological polar surface area (TPSA) is 88.3 Å². The van der Waals surface area contributed by atoms with Crippen LogP contribution in [0.2, 0.25) is 0 Å². The summed E-state index contributed by atoms with van der Waals surface area (Å²) in [5, 5.41) is 15.9. The number of aliphatic carboxylic acids is 1. The van der Waals surface area contributed by atoms with Gasteiger partial charge in [-0.1, -0.05) is 18.2 Å². The minimum atomic E-state index is -0.963. The Labute approximate surface area is 153 Å². The van der Waals surface area contributed by atoms with Crippen molar-refractivity contribution in [3.63, 3.8) is 0 Å². The number of carbonyl (C=O) groups excluding carboxylic acids is 1. The molecule has 0 bridgehead atoms. The highest BCUT2D eigenvalue weighted by Crippen LogP contribution is 2.26. The molecule has 4 rings (SSSR count). The highest BCUT2D eigenvalue weighted by Gasteiger charge is 2.35. The highest BCUT2D eigenvalue weighted by molar-refractivity contribution is 7.13. The van der Waals surface area contributed by atoms with E-state index in [9.17, 15) is 14.7 Å². The number of amides is 1. The molecular formula is C18H16N4O3S. The van der Waals surface area contributed by atoms with Crippen LogP contribution in [0, 0.1) is 0 Å². The maximum Gasteiger partial charge on any atom is 0.326 e. The lowest BCUT2D eigenvalue weighted by Gasteiger charge is -2.20. The first-order valence-electron chi connectivity index (χ1n) is 8.23. The largest absolute Gasteiger partial charge is 0.480 e. The molecule has 1 N–H and O–H groups in total. The molecule has 1 saturated heterocycles. The van der Waals surface area contributed by atoms with Gasteiger partial charge in [0, 0.05) is 23.7 Å². The lowest BCUT2D eigenvalue weighted by atomic mass is 10.2. The summed E-state index contributed by atoms with van der Waals surface area (Å²) in [6.07, 6.45) is 4.75. The molecule has 8 heteroatoms. The lowest BCUT2D eigenvalue weighted by Crippen LogP contribution is -2.40. The Morgan fingerprint density at radius 3 is 2.81 bits per heavy atom. The van der Waals surface area contributed by atoms with E-state index < -0.39 is 12.0 Å². The molecule has 1 atom stereocenters. The summed E-state index contributed by atoms with van der Waals surface area (Å²) in [5.74, 6) is -1.29. The Kier molecular flexibility index (Phi) is 4.26. The Balaban J connectivity index is 1.56. The van der Waals surface area contributed by atoms with E-state index in [0.717, 1.165) is 11.3 Å². The van der Waals surface area contributed by atoms with Crippen LogP contribution in [-0.2, 0) is 4.79 Å². The fourth-order valence-electron chi connectivity index (χ4n) is 3.07.